The standard InChI is InChI=1S/C11H15N5/c1-7-8(2)11(12-3)15-14-10(7)9-5-6-13-16(9)4/h5-6H,1-4H3,(H,12,15). The molecule has 0 aliphatic rings. The number of aromatic nitrogens is 4. The highest BCUT2D eigenvalue weighted by Crippen LogP contribution is 2.24. The van der Waals surface area contributed by atoms with E-state index in [0.29, 0.717) is 0 Å². The molecule has 0 bridgehead atoms. The molecule has 0 aliphatic heterocycles. The first-order valence-electron chi connectivity index (χ1n) is 5.15. The number of nitrogens with zero attached hydrogens (tertiary/aromatic N) is 4. The van der Waals surface area contributed by atoms with Crippen LogP contribution in [-0.4, -0.2) is 27.0 Å². The Labute approximate surface area is 94.5 Å². The Bertz CT molecular complexity index is 515. The molecule has 16 heavy (non-hydrogen) atoms. The van der Waals surface area contributed by atoms with Crippen LogP contribution in [0.1, 0.15) is 11.1 Å². The molecular weight excluding hydrogens is 202 g/mol. The van der Waals surface area contributed by atoms with E-state index in [1.807, 2.05) is 34.0 Å². The molecule has 0 radical (unpaired) electrons. The van der Waals surface area contributed by atoms with Crippen LogP contribution in [0.25, 0.3) is 11.4 Å². The predicted octanol–water partition coefficient (Wildman–Crippen LogP) is 1.54. The third-order valence-electron chi connectivity index (χ3n) is 2.82. The van der Waals surface area contributed by atoms with Crippen molar-refractivity contribution >= 4 is 5.82 Å². The molecule has 2 heterocycles. The second-order valence-corrected chi connectivity index (χ2v) is 3.74. The van der Waals surface area contributed by atoms with Gasteiger partial charge in [0, 0.05) is 20.3 Å². The van der Waals surface area contributed by atoms with Gasteiger partial charge in [-0.15, -0.1) is 10.2 Å². The zero-order chi connectivity index (χ0) is 11.7. The second kappa shape index (κ2) is 3.92. The minimum absolute atomic E-state index is 0.823. The topological polar surface area (TPSA) is 55.6 Å². The Kier molecular flexibility index (Phi) is 2.60. The van der Waals surface area contributed by atoms with Gasteiger partial charge in [-0.3, -0.25) is 4.68 Å². The molecule has 5 heteroatoms. The largest absolute Gasteiger partial charge is 0.371 e. The second-order valence-electron chi connectivity index (χ2n) is 3.74. The fraction of sp³-hybridized carbons (Fsp3) is 0.364. The summed E-state index contributed by atoms with van der Waals surface area (Å²) in [6, 6.07) is 1.94. The number of hydrogen-bond donors (Lipinski definition) is 1. The number of nitrogens with one attached hydrogen (secondary N) is 1. The molecule has 0 fully saturated rings. The predicted molar refractivity (Wildman–Crippen MR) is 63.3 cm³/mol. The maximum Gasteiger partial charge on any atom is 0.151 e. The van der Waals surface area contributed by atoms with Crippen LogP contribution >= 0.6 is 0 Å². The highest BCUT2D eigenvalue weighted by molar-refractivity contribution is 5.63. The molecule has 2 aromatic rings. The molecular formula is C11H15N5. The van der Waals surface area contributed by atoms with E-state index in [0.717, 1.165) is 28.3 Å². The van der Waals surface area contributed by atoms with Gasteiger partial charge in [0.15, 0.2) is 5.82 Å². The number of anilines is 1. The monoisotopic (exact) mass is 217 g/mol. The lowest BCUT2D eigenvalue weighted by Crippen LogP contribution is -2.04. The van der Waals surface area contributed by atoms with E-state index in [2.05, 4.69) is 20.6 Å². The van der Waals surface area contributed by atoms with E-state index in [9.17, 15) is 0 Å². The van der Waals surface area contributed by atoms with Crippen LogP contribution < -0.4 is 5.32 Å². The quantitative estimate of drug-likeness (QED) is 0.829. The number of hydrogen-bond acceptors (Lipinski definition) is 4. The van der Waals surface area contributed by atoms with Crippen molar-refractivity contribution in [2.75, 3.05) is 12.4 Å². The van der Waals surface area contributed by atoms with Crippen LogP contribution in [0.4, 0.5) is 5.82 Å². The van der Waals surface area contributed by atoms with Gasteiger partial charge >= 0.3 is 0 Å². The van der Waals surface area contributed by atoms with Crippen LogP contribution in [0.2, 0.25) is 0 Å². The molecule has 0 amide bonds. The van der Waals surface area contributed by atoms with Gasteiger partial charge in [0.05, 0.1) is 5.69 Å². The molecule has 0 atom stereocenters. The Hall–Kier alpha value is -1.91. The Balaban J connectivity index is 2.60. The van der Waals surface area contributed by atoms with Crippen molar-refractivity contribution < 1.29 is 0 Å². The SMILES string of the molecule is CNc1nnc(-c2ccnn2C)c(C)c1C. The van der Waals surface area contributed by atoms with Crippen molar-refractivity contribution in [1.82, 2.24) is 20.0 Å². The van der Waals surface area contributed by atoms with Gasteiger partial charge in [-0.1, -0.05) is 0 Å². The maximum atomic E-state index is 4.24. The average molecular weight is 217 g/mol. The van der Waals surface area contributed by atoms with Crippen LogP contribution in [-0.2, 0) is 7.05 Å². The molecule has 2 aromatic heterocycles. The van der Waals surface area contributed by atoms with E-state index in [1.54, 1.807) is 10.9 Å². The lowest BCUT2D eigenvalue weighted by Gasteiger charge is -2.10. The third kappa shape index (κ3) is 1.54. The van der Waals surface area contributed by atoms with Crippen molar-refractivity contribution in [2.24, 2.45) is 7.05 Å². The highest BCUT2D eigenvalue weighted by atomic mass is 15.3. The molecule has 0 spiro atoms. The highest BCUT2D eigenvalue weighted by Gasteiger charge is 2.12. The van der Waals surface area contributed by atoms with Crippen molar-refractivity contribution in [1.29, 1.82) is 0 Å². The van der Waals surface area contributed by atoms with E-state index < -0.39 is 0 Å². The fourth-order valence-electron chi connectivity index (χ4n) is 1.69. The molecule has 0 aromatic carbocycles. The molecule has 0 saturated carbocycles. The molecule has 2 rings (SSSR count). The Morgan fingerprint density at radius 3 is 2.50 bits per heavy atom. The van der Waals surface area contributed by atoms with E-state index in [1.165, 1.54) is 0 Å². The van der Waals surface area contributed by atoms with Gasteiger partial charge in [-0.05, 0) is 31.0 Å². The lowest BCUT2D eigenvalue weighted by molar-refractivity contribution is 0.769. The van der Waals surface area contributed by atoms with E-state index in [-0.39, 0.29) is 0 Å². The maximum absolute atomic E-state index is 4.24. The summed E-state index contributed by atoms with van der Waals surface area (Å²) in [5.74, 6) is 0.823. The summed E-state index contributed by atoms with van der Waals surface area (Å²) in [5.41, 5.74) is 4.11. The summed E-state index contributed by atoms with van der Waals surface area (Å²) < 4.78 is 1.80. The summed E-state index contributed by atoms with van der Waals surface area (Å²) in [6.45, 7) is 4.09. The van der Waals surface area contributed by atoms with E-state index in [4.69, 9.17) is 0 Å². The van der Waals surface area contributed by atoms with Gasteiger partial charge in [-0.25, -0.2) is 0 Å². The third-order valence-corrected chi connectivity index (χ3v) is 2.82. The van der Waals surface area contributed by atoms with Gasteiger partial charge in [0.25, 0.3) is 0 Å². The Morgan fingerprint density at radius 1 is 1.19 bits per heavy atom. The first-order valence-corrected chi connectivity index (χ1v) is 5.15. The zero-order valence-corrected chi connectivity index (χ0v) is 9.94. The van der Waals surface area contributed by atoms with Crippen LogP contribution in [0, 0.1) is 13.8 Å². The van der Waals surface area contributed by atoms with Gasteiger partial charge in [0.2, 0.25) is 0 Å². The van der Waals surface area contributed by atoms with Crippen molar-refractivity contribution in [3.05, 3.63) is 23.4 Å². The van der Waals surface area contributed by atoms with Crippen molar-refractivity contribution in [3.63, 3.8) is 0 Å². The average Bonchev–Trinajstić information content (AvgIpc) is 2.69. The molecule has 0 aliphatic carbocycles. The molecule has 0 unspecified atom stereocenters. The normalized spacial score (nSPS) is 10.5. The first kappa shape index (κ1) is 10.6. The Morgan fingerprint density at radius 2 is 1.94 bits per heavy atom. The van der Waals surface area contributed by atoms with E-state index >= 15 is 0 Å². The number of rotatable bonds is 2. The summed E-state index contributed by atoms with van der Waals surface area (Å²) in [4.78, 5) is 0. The molecule has 84 valence electrons. The molecule has 5 nitrogen and oxygen atoms in total. The summed E-state index contributed by atoms with van der Waals surface area (Å²) in [5, 5.41) is 15.6. The van der Waals surface area contributed by atoms with Gasteiger partial charge in [-0.2, -0.15) is 5.10 Å². The fourth-order valence-corrected chi connectivity index (χ4v) is 1.69. The van der Waals surface area contributed by atoms with Gasteiger partial charge < -0.3 is 5.32 Å². The minimum Gasteiger partial charge on any atom is -0.371 e. The lowest BCUT2D eigenvalue weighted by atomic mass is 10.1. The summed E-state index contributed by atoms with van der Waals surface area (Å²) >= 11 is 0. The van der Waals surface area contributed by atoms with Crippen molar-refractivity contribution in [3.8, 4) is 11.4 Å². The minimum atomic E-state index is 0.823. The van der Waals surface area contributed by atoms with Crippen molar-refractivity contribution in [2.45, 2.75) is 13.8 Å². The zero-order valence-electron chi connectivity index (χ0n) is 9.94. The van der Waals surface area contributed by atoms with Crippen LogP contribution in [0.5, 0.6) is 0 Å². The summed E-state index contributed by atoms with van der Waals surface area (Å²) in [7, 11) is 3.75. The number of aryl methyl sites for hydroxylation is 1. The van der Waals surface area contributed by atoms with Crippen LogP contribution in [0.3, 0.4) is 0 Å². The van der Waals surface area contributed by atoms with Crippen LogP contribution in [0.15, 0.2) is 12.3 Å². The molecule has 0 saturated heterocycles. The van der Waals surface area contributed by atoms with Gasteiger partial charge in [0.1, 0.15) is 5.69 Å². The first-order chi connectivity index (χ1) is 7.65. The smallest absolute Gasteiger partial charge is 0.151 e. The summed E-state index contributed by atoms with van der Waals surface area (Å²) in [6.07, 6.45) is 1.76. The molecule has 1 N–H and O–H groups in total.